The first-order valence-electron chi connectivity index (χ1n) is 17.9. The van der Waals surface area contributed by atoms with Crippen molar-refractivity contribution in [2.75, 3.05) is 39.5 Å². The van der Waals surface area contributed by atoms with E-state index in [0.717, 1.165) is 6.07 Å². The first-order valence-corrected chi connectivity index (χ1v) is 22.0. The van der Waals surface area contributed by atoms with Gasteiger partial charge in [0.2, 0.25) is 5.95 Å². The zero-order valence-electron chi connectivity index (χ0n) is 31.3. The second-order valence-electron chi connectivity index (χ2n) is 15.9. The molecule has 7 rings (SSSR count). The fourth-order valence-electron chi connectivity index (χ4n) is 7.85. The molecule has 3 aliphatic rings. The summed E-state index contributed by atoms with van der Waals surface area (Å²) >= 11 is 1.27. The molecule has 3 fully saturated rings. The van der Waals surface area contributed by atoms with Crippen LogP contribution < -0.4 is 14.9 Å². The monoisotopic (exact) mass is 815 g/mol. The lowest BCUT2D eigenvalue weighted by molar-refractivity contribution is 0.0193. The number of sulfone groups is 1. The summed E-state index contributed by atoms with van der Waals surface area (Å²) in [6, 6.07) is 9.31. The molecule has 0 unspecified atom stereocenters. The highest BCUT2D eigenvalue weighted by Gasteiger charge is 2.56. The van der Waals surface area contributed by atoms with Gasteiger partial charge in [0, 0.05) is 48.4 Å². The Kier molecular flexibility index (Phi) is 9.85. The molecule has 2 aromatic carbocycles. The Morgan fingerprint density at radius 2 is 1.69 bits per heavy atom. The normalized spacial score (nSPS) is 20.8. The first-order chi connectivity index (χ1) is 25.7. The molecule has 55 heavy (non-hydrogen) atoms. The maximum Gasteiger partial charge on any atom is 0.410 e. The molecule has 2 aromatic heterocycles. The van der Waals surface area contributed by atoms with Gasteiger partial charge >= 0.3 is 6.09 Å². The summed E-state index contributed by atoms with van der Waals surface area (Å²) in [5, 5.41) is 3.84. The highest BCUT2D eigenvalue weighted by molar-refractivity contribution is 7.93. The minimum Gasteiger partial charge on any atom is -0.444 e. The summed E-state index contributed by atoms with van der Waals surface area (Å²) < 4.78 is 89.7. The van der Waals surface area contributed by atoms with E-state index in [1.54, 1.807) is 17.2 Å². The summed E-state index contributed by atoms with van der Waals surface area (Å²) in [5.74, 6) is -1.19. The average molecular weight is 816 g/mol. The minimum absolute atomic E-state index is 0.00884. The maximum absolute atomic E-state index is 16.6. The molecule has 1 aliphatic carbocycles. The first kappa shape index (κ1) is 38.8. The Morgan fingerprint density at radius 1 is 1.02 bits per heavy atom. The van der Waals surface area contributed by atoms with E-state index in [0.29, 0.717) is 47.6 Å². The van der Waals surface area contributed by atoms with E-state index in [4.69, 9.17) is 14.7 Å². The van der Waals surface area contributed by atoms with Crippen molar-refractivity contribution in [1.82, 2.24) is 19.9 Å². The highest BCUT2D eigenvalue weighted by Crippen LogP contribution is 2.51. The second kappa shape index (κ2) is 14.0. The van der Waals surface area contributed by atoms with Crippen molar-refractivity contribution in [3.63, 3.8) is 0 Å². The number of carbonyl (C=O) groups excluding carboxylic acids is 1. The number of anilines is 3. The van der Waals surface area contributed by atoms with Gasteiger partial charge < -0.3 is 19.9 Å². The highest BCUT2D eigenvalue weighted by atomic mass is 32.2. The number of sulfonamides is 1. The van der Waals surface area contributed by atoms with Crippen LogP contribution in [0.1, 0.15) is 53.0 Å². The van der Waals surface area contributed by atoms with Crippen LogP contribution in [-0.2, 0) is 24.6 Å². The molecule has 1 spiro atoms. The van der Waals surface area contributed by atoms with E-state index in [2.05, 4.69) is 19.9 Å². The predicted molar refractivity (Wildman–Crippen MR) is 207 cm³/mol. The van der Waals surface area contributed by atoms with Crippen LogP contribution in [0.2, 0.25) is 0 Å². The van der Waals surface area contributed by atoms with Crippen molar-refractivity contribution >= 4 is 54.1 Å². The van der Waals surface area contributed by atoms with Crippen molar-refractivity contribution < 1.29 is 35.1 Å². The van der Waals surface area contributed by atoms with Gasteiger partial charge in [-0.3, -0.25) is 4.72 Å². The van der Waals surface area contributed by atoms with Crippen LogP contribution in [0.5, 0.6) is 0 Å². The van der Waals surface area contributed by atoms with Gasteiger partial charge in [-0.1, -0.05) is 29.5 Å². The van der Waals surface area contributed by atoms with E-state index in [1.807, 2.05) is 34.6 Å². The molecule has 2 aliphatic heterocycles. The van der Waals surface area contributed by atoms with Crippen molar-refractivity contribution in [2.24, 2.45) is 5.41 Å². The van der Waals surface area contributed by atoms with Crippen LogP contribution in [0.15, 0.2) is 53.6 Å². The molecule has 294 valence electrons. The Hall–Kier alpha value is -4.42. The van der Waals surface area contributed by atoms with E-state index < -0.39 is 53.8 Å². The van der Waals surface area contributed by atoms with Crippen LogP contribution >= 0.6 is 11.3 Å². The quantitative estimate of drug-likeness (QED) is 0.200. The van der Waals surface area contributed by atoms with Gasteiger partial charge in [0.25, 0.3) is 10.0 Å². The van der Waals surface area contributed by atoms with Crippen molar-refractivity contribution in [2.45, 2.75) is 83.0 Å². The van der Waals surface area contributed by atoms with E-state index in [-0.39, 0.29) is 51.9 Å². The number of carbonyl (C=O) groups is 1. The molecule has 4 heterocycles. The van der Waals surface area contributed by atoms with E-state index in [9.17, 15) is 26.0 Å². The summed E-state index contributed by atoms with van der Waals surface area (Å²) in [5.41, 5.74) is -0.481. The van der Waals surface area contributed by atoms with Crippen molar-refractivity contribution in [3.05, 3.63) is 65.9 Å². The number of halogens is 2. The van der Waals surface area contributed by atoms with Gasteiger partial charge in [-0.15, -0.1) is 0 Å². The molecule has 18 heteroatoms. The number of ether oxygens (including phenoxy) is 1. The standard InChI is InChI=1S/C37H43F2N7O6S3/c1-21-9-7-11-26(38)32(21)55(50,51)44-27-12-8-10-25(29(27)39)30-31(28-13-14-40-33(42-28)41-24-15-37(16-24)19-54(48,49)20-37)53-34(43-30)46-22(2)17-45(18-23(46)3)35(47)52-36(4,5)6/h7-14,22-24,44H,15-20H2,1-6H3,(H,40,41,42)/t22-,23-/m0/s1. The fraction of sp³-hybridized carbons (Fsp3) is 0.459. The Labute approximate surface area is 323 Å². The van der Waals surface area contributed by atoms with Gasteiger partial charge in [-0.25, -0.2) is 45.4 Å². The van der Waals surface area contributed by atoms with Crippen molar-refractivity contribution in [3.8, 4) is 21.8 Å². The fourth-order valence-corrected chi connectivity index (χ4v) is 12.7. The SMILES string of the molecule is Cc1cccc(F)c1S(=O)(=O)Nc1cccc(-c2nc(N3[C@@H](C)CN(C(=O)OC(C)(C)C)C[C@@H]3C)sc2-c2ccnc(NC3CC4(C3)CS(=O)(=O)C4)n2)c1F. The molecule has 0 radical (unpaired) electrons. The number of hydrogen-bond donors (Lipinski definition) is 2. The number of aromatic nitrogens is 3. The van der Waals surface area contributed by atoms with Gasteiger partial charge in [0.05, 0.1) is 33.5 Å². The van der Waals surface area contributed by atoms with Gasteiger partial charge in [-0.05, 0) is 84.2 Å². The lowest BCUT2D eigenvalue weighted by Gasteiger charge is -2.53. The molecule has 2 saturated heterocycles. The smallest absolute Gasteiger partial charge is 0.410 e. The molecular formula is C37H43F2N7O6S3. The summed E-state index contributed by atoms with van der Waals surface area (Å²) in [4.78, 5) is 30.8. The molecular weight excluding hydrogens is 773 g/mol. The largest absolute Gasteiger partial charge is 0.444 e. The number of nitrogens with zero attached hydrogens (tertiary/aromatic N) is 5. The Bertz CT molecular complexity index is 2330. The lowest BCUT2D eigenvalue weighted by Crippen LogP contribution is -2.60. The average Bonchev–Trinajstić information content (AvgIpc) is 3.47. The number of nitrogens with one attached hydrogen (secondary N) is 2. The second-order valence-corrected chi connectivity index (χ2v) is 20.5. The van der Waals surface area contributed by atoms with E-state index in [1.165, 1.54) is 48.6 Å². The minimum atomic E-state index is -4.53. The molecule has 2 N–H and O–H groups in total. The van der Waals surface area contributed by atoms with E-state index >= 15 is 4.39 Å². The van der Waals surface area contributed by atoms with Gasteiger partial charge in [0.1, 0.15) is 16.3 Å². The molecule has 0 bridgehead atoms. The zero-order chi connectivity index (χ0) is 39.7. The third kappa shape index (κ3) is 7.85. The summed E-state index contributed by atoms with van der Waals surface area (Å²) in [7, 11) is -7.50. The van der Waals surface area contributed by atoms with Crippen LogP contribution in [0, 0.1) is 24.0 Å². The third-order valence-corrected chi connectivity index (χ3v) is 14.7. The van der Waals surface area contributed by atoms with Gasteiger partial charge in [-0.2, -0.15) is 0 Å². The maximum atomic E-state index is 16.6. The van der Waals surface area contributed by atoms with Gasteiger partial charge in [0.15, 0.2) is 20.8 Å². The molecule has 1 saturated carbocycles. The molecule has 2 atom stereocenters. The third-order valence-electron chi connectivity index (χ3n) is 9.97. The number of piperazine rings is 1. The predicted octanol–water partition coefficient (Wildman–Crippen LogP) is 6.48. The number of rotatable bonds is 8. The lowest BCUT2D eigenvalue weighted by atomic mass is 9.67. The van der Waals surface area contributed by atoms with Crippen LogP contribution in [0.25, 0.3) is 21.8 Å². The summed E-state index contributed by atoms with van der Waals surface area (Å²) in [6.07, 6.45) is 2.51. The van der Waals surface area contributed by atoms with Crippen LogP contribution in [0.3, 0.4) is 0 Å². The van der Waals surface area contributed by atoms with Crippen molar-refractivity contribution in [1.29, 1.82) is 0 Å². The summed E-state index contributed by atoms with van der Waals surface area (Å²) in [6.45, 7) is 11.5. The van der Waals surface area contributed by atoms with Crippen LogP contribution in [0.4, 0.5) is 30.3 Å². The number of amides is 1. The Morgan fingerprint density at radius 3 is 2.33 bits per heavy atom. The Balaban J connectivity index is 1.24. The van der Waals surface area contributed by atoms with Crippen LogP contribution in [-0.4, -0.2) is 91.1 Å². The number of benzene rings is 2. The molecule has 4 aromatic rings. The topological polar surface area (TPSA) is 164 Å². The number of aryl methyl sites for hydroxylation is 1. The number of hydrogen-bond acceptors (Lipinski definition) is 12. The number of thiazole rings is 1. The zero-order valence-corrected chi connectivity index (χ0v) is 33.7. The molecule has 1 amide bonds. The molecule has 13 nitrogen and oxygen atoms in total.